The number of ether oxygens (including phenoxy) is 2. The highest BCUT2D eigenvalue weighted by atomic mass is 16.5. The molecule has 0 aromatic heterocycles. The summed E-state index contributed by atoms with van der Waals surface area (Å²) < 4.78 is 11.2. The molecule has 6 nitrogen and oxygen atoms in total. The zero-order chi connectivity index (χ0) is 23.7. The van der Waals surface area contributed by atoms with Crippen LogP contribution in [0.4, 0.5) is 0 Å². The summed E-state index contributed by atoms with van der Waals surface area (Å²) in [6.07, 6.45) is 1.34. The highest BCUT2D eigenvalue weighted by Gasteiger charge is 2.29. The molecule has 6 heteroatoms. The monoisotopic (exact) mass is 440 g/mol. The van der Waals surface area contributed by atoms with Crippen LogP contribution in [0.1, 0.15) is 48.9 Å². The van der Waals surface area contributed by atoms with Gasteiger partial charge in [0.05, 0.1) is 7.11 Å². The fraction of sp³-hybridized carbons (Fsp3) is 0.462. The molecule has 1 atom stereocenters. The van der Waals surface area contributed by atoms with Crippen molar-refractivity contribution >= 4 is 11.8 Å². The molecule has 0 aliphatic carbocycles. The van der Waals surface area contributed by atoms with E-state index in [9.17, 15) is 9.59 Å². The average molecular weight is 441 g/mol. The Morgan fingerprint density at radius 1 is 1.09 bits per heavy atom. The van der Waals surface area contributed by atoms with E-state index >= 15 is 0 Å². The third kappa shape index (κ3) is 6.74. The normalized spacial score (nSPS) is 11.6. The fourth-order valence-corrected chi connectivity index (χ4v) is 3.63. The van der Waals surface area contributed by atoms with E-state index in [-0.39, 0.29) is 18.4 Å². The van der Waals surface area contributed by atoms with E-state index in [4.69, 9.17) is 9.47 Å². The highest BCUT2D eigenvalue weighted by Crippen LogP contribution is 2.24. The van der Waals surface area contributed by atoms with Crippen LogP contribution in [-0.2, 0) is 16.1 Å². The summed E-state index contributed by atoms with van der Waals surface area (Å²) in [5, 5.41) is 2.93. The van der Waals surface area contributed by atoms with Gasteiger partial charge in [-0.1, -0.05) is 32.0 Å². The fourth-order valence-electron chi connectivity index (χ4n) is 3.63. The molecule has 2 aromatic carbocycles. The zero-order valence-corrected chi connectivity index (χ0v) is 20.2. The Morgan fingerprint density at radius 2 is 1.84 bits per heavy atom. The first-order chi connectivity index (χ1) is 15.3. The van der Waals surface area contributed by atoms with Gasteiger partial charge in [-0.15, -0.1) is 0 Å². The lowest BCUT2D eigenvalue weighted by Crippen LogP contribution is -2.50. The number of carbonyl (C=O) groups excluding carboxylic acids is 2. The molecule has 2 amide bonds. The molecule has 0 aliphatic rings. The van der Waals surface area contributed by atoms with E-state index in [0.717, 1.165) is 28.7 Å². The quantitative estimate of drug-likeness (QED) is 0.565. The van der Waals surface area contributed by atoms with Gasteiger partial charge in [0, 0.05) is 13.1 Å². The molecule has 2 aromatic rings. The van der Waals surface area contributed by atoms with Gasteiger partial charge >= 0.3 is 0 Å². The second kappa shape index (κ2) is 12.1. The van der Waals surface area contributed by atoms with Crippen LogP contribution in [0.2, 0.25) is 0 Å². The Labute approximate surface area is 191 Å². The minimum absolute atomic E-state index is 0.134. The van der Waals surface area contributed by atoms with Crippen LogP contribution in [0.5, 0.6) is 11.5 Å². The summed E-state index contributed by atoms with van der Waals surface area (Å²) in [7, 11) is 1.61. The van der Waals surface area contributed by atoms with Gasteiger partial charge in [0.2, 0.25) is 5.91 Å². The number of amides is 2. The van der Waals surface area contributed by atoms with Gasteiger partial charge < -0.3 is 19.7 Å². The number of hydrogen-bond acceptors (Lipinski definition) is 4. The molecule has 32 heavy (non-hydrogen) atoms. The Hall–Kier alpha value is -3.02. The number of nitrogens with zero attached hydrogens (tertiary/aromatic N) is 1. The molecule has 0 bridgehead atoms. The number of aryl methyl sites for hydroxylation is 2. The Balaban J connectivity index is 2.27. The molecule has 2 rings (SSSR count). The molecule has 1 N–H and O–H groups in total. The summed E-state index contributed by atoms with van der Waals surface area (Å²) in [5.41, 5.74) is 4.10. The van der Waals surface area contributed by atoms with Gasteiger partial charge in [0.15, 0.2) is 6.61 Å². The maximum Gasteiger partial charge on any atom is 0.261 e. The Bertz CT molecular complexity index is 926. The van der Waals surface area contributed by atoms with Crippen LogP contribution in [0.25, 0.3) is 0 Å². The number of benzene rings is 2. The van der Waals surface area contributed by atoms with Crippen LogP contribution in [0.15, 0.2) is 36.4 Å². The van der Waals surface area contributed by atoms with E-state index in [1.165, 1.54) is 0 Å². The third-order valence-corrected chi connectivity index (χ3v) is 5.54. The Morgan fingerprint density at radius 3 is 2.50 bits per heavy atom. The van der Waals surface area contributed by atoms with Crippen molar-refractivity contribution in [3.63, 3.8) is 0 Å². The first-order valence-electron chi connectivity index (χ1n) is 11.2. The number of methoxy groups -OCH3 is 1. The smallest absolute Gasteiger partial charge is 0.261 e. The summed E-state index contributed by atoms with van der Waals surface area (Å²) in [6, 6.07) is 11.0. The lowest BCUT2D eigenvalue weighted by atomic mass is 10.1. The molecule has 0 saturated heterocycles. The SMILES string of the molecule is CCCNC(=O)[C@H](CC)N(Cc1cccc(OC)c1)C(=O)COc1cc(C)cc(C)c1C. The predicted octanol–water partition coefficient (Wildman–Crippen LogP) is 4.33. The van der Waals surface area contributed by atoms with Crippen molar-refractivity contribution in [2.45, 2.75) is 60.0 Å². The molecule has 0 saturated carbocycles. The molecular weight excluding hydrogens is 404 g/mol. The van der Waals surface area contributed by atoms with E-state index < -0.39 is 6.04 Å². The topological polar surface area (TPSA) is 67.9 Å². The predicted molar refractivity (Wildman–Crippen MR) is 127 cm³/mol. The standard InChI is InChI=1S/C26H36N2O4/c1-7-12-27-26(30)23(8-2)28(16-21-10-9-11-22(15-21)31-6)25(29)17-32-24-14-18(3)13-19(4)20(24)5/h9-11,13-15,23H,7-8,12,16-17H2,1-6H3,(H,27,30)/t23-/m0/s1. The van der Waals surface area contributed by atoms with Crippen molar-refractivity contribution in [1.82, 2.24) is 10.2 Å². The van der Waals surface area contributed by atoms with Crippen LogP contribution in [-0.4, -0.2) is 43.0 Å². The summed E-state index contributed by atoms with van der Waals surface area (Å²) in [5.74, 6) is 1.03. The van der Waals surface area contributed by atoms with Crippen molar-refractivity contribution in [2.75, 3.05) is 20.3 Å². The maximum atomic E-state index is 13.3. The number of nitrogens with one attached hydrogen (secondary N) is 1. The molecular formula is C26H36N2O4. The van der Waals surface area contributed by atoms with Crippen LogP contribution < -0.4 is 14.8 Å². The largest absolute Gasteiger partial charge is 0.497 e. The molecule has 0 unspecified atom stereocenters. The lowest BCUT2D eigenvalue weighted by Gasteiger charge is -2.30. The van der Waals surface area contributed by atoms with E-state index in [0.29, 0.717) is 31.0 Å². The first kappa shape index (κ1) is 25.2. The van der Waals surface area contributed by atoms with Crippen LogP contribution >= 0.6 is 0 Å². The van der Waals surface area contributed by atoms with Crippen LogP contribution in [0.3, 0.4) is 0 Å². The minimum atomic E-state index is -0.579. The maximum absolute atomic E-state index is 13.3. The molecule has 0 aliphatic heterocycles. The van der Waals surface area contributed by atoms with Crippen molar-refractivity contribution in [2.24, 2.45) is 0 Å². The van der Waals surface area contributed by atoms with E-state index in [2.05, 4.69) is 11.4 Å². The van der Waals surface area contributed by atoms with Crippen LogP contribution in [0, 0.1) is 20.8 Å². The van der Waals surface area contributed by atoms with Gasteiger partial charge in [0.1, 0.15) is 17.5 Å². The Kier molecular flexibility index (Phi) is 9.57. The van der Waals surface area contributed by atoms with Gasteiger partial charge in [-0.05, 0) is 74.1 Å². The van der Waals surface area contributed by atoms with Gasteiger partial charge in [-0.2, -0.15) is 0 Å². The van der Waals surface area contributed by atoms with E-state index in [1.807, 2.05) is 65.0 Å². The number of rotatable bonds is 11. The molecule has 0 heterocycles. The zero-order valence-electron chi connectivity index (χ0n) is 20.2. The number of carbonyl (C=O) groups is 2. The van der Waals surface area contributed by atoms with Crippen molar-refractivity contribution in [3.05, 3.63) is 58.7 Å². The lowest BCUT2D eigenvalue weighted by molar-refractivity contribution is -0.143. The number of hydrogen-bond donors (Lipinski definition) is 1. The summed E-state index contributed by atoms with van der Waals surface area (Å²) in [6.45, 7) is 10.7. The minimum Gasteiger partial charge on any atom is -0.497 e. The highest BCUT2D eigenvalue weighted by molar-refractivity contribution is 5.88. The second-order valence-corrected chi connectivity index (χ2v) is 8.08. The van der Waals surface area contributed by atoms with Crippen molar-refractivity contribution < 1.29 is 19.1 Å². The van der Waals surface area contributed by atoms with Gasteiger partial charge in [-0.25, -0.2) is 0 Å². The van der Waals surface area contributed by atoms with Gasteiger partial charge in [0.25, 0.3) is 5.91 Å². The summed E-state index contributed by atoms with van der Waals surface area (Å²) in [4.78, 5) is 27.8. The van der Waals surface area contributed by atoms with E-state index in [1.54, 1.807) is 12.0 Å². The van der Waals surface area contributed by atoms with Gasteiger partial charge in [-0.3, -0.25) is 9.59 Å². The summed E-state index contributed by atoms with van der Waals surface area (Å²) >= 11 is 0. The molecule has 0 spiro atoms. The second-order valence-electron chi connectivity index (χ2n) is 8.08. The van der Waals surface area contributed by atoms with Crippen molar-refractivity contribution in [1.29, 1.82) is 0 Å². The molecule has 0 radical (unpaired) electrons. The third-order valence-electron chi connectivity index (χ3n) is 5.54. The average Bonchev–Trinajstić information content (AvgIpc) is 2.78. The molecule has 0 fully saturated rings. The molecule has 174 valence electrons. The van der Waals surface area contributed by atoms with Crippen molar-refractivity contribution in [3.8, 4) is 11.5 Å². The first-order valence-corrected chi connectivity index (χ1v) is 11.2.